The van der Waals surface area contributed by atoms with E-state index < -0.39 is 95.5 Å². The molecule has 18 atom stereocenters. The third kappa shape index (κ3) is 11.0. The van der Waals surface area contributed by atoms with E-state index in [9.17, 15) is 30.3 Å². The molecule has 0 spiro atoms. The van der Waals surface area contributed by atoms with Gasteiger partial charge in [-0.1, -0.05) is 40.0 Å². The van der Waals surface area contributed by atoms with Crippen molar-refractivity contribution in [3.8, 4) is 0 Å². The number of carbonyl (C=O) groups excluding carboxylic acids is 1. The van der Waals surface area contributed by atoms with Crippen molar-refractivity contribution < 1.29 is 58.7 Å². The highest BCUT2D eigenvalue weighted by Crippen LogP contribution is 2.45. The first-order valence-electron chi connectivity index (χ1n) is 20.7. The van der Waals surface area contributed by atoms with Crippen LogP contribution in [0.5, 0.6) is 0 Å². The molecular weight excluding hydrogens is 712 g/mol. The Labute approximate surface area is 330 Å². The maximum absolute atomic E-state index is 14.2. The lowest BCUT2D eigenvalue weighted by molar-refractivity contribution is -0.338. The summed E-state index contributed by atoms with van der Waals surface area (Å²) in [5.41, 5.74) is -5.77. The molecule has 324 valence electrons. The van der Waals surface area contributed by atoms with Gasteiger partial charge < -0.3 is 64.2 Å². The van der Waals surface area contributed by atoms with Gasteiger partial charge in [-0.15, -0.1) is 0 Å². The fourth-order valence-corrected chi connectivity index (χ4v) is 9.12. The lowest BCUT2D eigenvalue weighted by Crippen LogP contribution is -2.66. The number of nitrogens with one attached hydrogen (secondary N) is 1. The van der Waals surface area contributed by atoms with E-state index in [2.05, 4.69) is 12.2 Å². The van der Waals surface area contributed by atoms with E-state index >= 15 is 0 Å². The van der Waals surface area contributed by atoms with Crippen molar-refractivity contribution in [1.82, 2.24) is 10.2 Å². The van der Waals surface area contributed by atoms with Gasteiger partial charge in [0.15, 0.2) is 12.6 Å². The number of aliphatic hydroxyl groups is 5. The number of methoxy groups -OCH3 is 1. The molecule has 0 saturated carbocycles. The van der Waals surface area contributed by atoms with Crippen LogP contribution in [0, 0.1) is 17.8 Å². The SMILES string of the molecule is CCCCC[C@]1(O)C(C)O[C@@H](O[C@H]2[C@H](C)[C@@H](O[C@@H]3OC(C)C[C@@H](N(C)C)C3O)[C@](C)(O)C[C@@H](C)CN[C@H](C)[C@@H](O)[C@](C)(O)[C@@H](C)OC(=O)[C@@H]2C)C[C@]1(C)OC. The fraction of sp³-hybridized carbons (Fsp3) is 0.976. The number of cyclic esters (lactones) is 1. The number of esters is 1. The zero-order valence-electron chi connectivity index (χ0n) is 36.3. The van der Waals surface area contributed by atoms with Gasteiger partial charge in [0.05, 0.1) is 35.9 Å². The van der Waals surface area contributed by atoms with E-state index in [1.54, 1.807) is 34.8 Å². The molecule has 14 nitrogen and oxygen atoms in total. The summed E-state index contributed by atoms with van der Waals surface area (Å²) in [6.45, 7) is 19.9. The second-order valence-electron chi connectivity index (χ2n) is 18.2. The van der Waals surface area contributed by atoms with Gasteiger partial charge in [-0.2, -0.15) is 0 Å². The first-order valence-corrected chi connectivity index (χ1v) is 20.7. The first kappa shape index (κ1) is 48.4. The van der Waals surface area contributed by atoms with Crippen LogP contribution >= 0.6 is 0 Å². The van der Waals surface area contributed by atoms with E-state index in [4.69, 9.17) is 28.4 Å². The molecule has 14 heteroatoms. The molecule has 0 aromatic rings. The minimum atomic E-state index is -1.82. The van der Waals surface area contributed by atoms with Crippen LogP contribution in [0.15, 0.2) is 0 Å². The van der Waals surface area contributed by atoms with Gasteiger partial charge in [-0.05, 0) is 101 Å². The zero-order valence-corrected chi connectivity index (χ0v) is 36.3. The van der Waals surface area contributed by atoms with Gasteiger partial charge in [0, 0.05) is 31.5 Å². The number of ether oxygens (including phenoxy) is 6. The molecular formula is C41H78N2O12. The van der Waals surface area contributed by atoms with Gasteiger partial charge in [-0.3, -0.25) is 4.79 Å². The van der Waals surface area contributed by atoms with Crippen LogP contribution in [0.3, 0.4) is 0 Å². The van der Waals surface area contributed by atoms with Crippen molar-refractivity contribution >= 4 is 5.97 Å². The quantitative estimate of drug-likeness (QED) is 0.140. The summed E-state index contributed by atoms with van der Waals surface area (Å²) in [6.07, 6.45) is -4.48. The van der Waals surface area contributed by atoms with Crippen molar-refractivity contribution in [2.75, 3.05) is 27.7 Å². The van der Waals surface area contributed by atoms with Crippen LogP contribution in [-0.2, 0) is 33.2 Å². The van der Waals surface area contributed by atoms with E-state index in [1.165, 1.54) is 13.8 Å². The Balaban J connectivity index is 2.14. The Bertz CT molecular complexity index is 1210. The Morgan fingerprint density at radius 1 is 0.909 bits per heavy atom. The van der Waals surface area contributed by atoms with Gasteiger partial charge in [0.1, 0.15) is 35.1 Å². The van der Waals surface area contributed by atoms with Crippen molar-refractivity contribution in [2.45, 2.75) is 211 Å². The Morgan fingerprint density at radius 2 is 1.55 bits per heavy atom. The summed E-state index contributed by atoms with van der Waals surface area (Å²) in [4.78, 5) is 16.1. The summed E-state index contributed by atoms with van der Waals surface area (Å²) >= 11 is 0. The number of rotatable bonds is 10. The van der Waals surface area contributed by atoms with Crippen LogP contribution in [0.25, 0.3) is 0 Å². The minimum Gasteiger partial charge on any atom is -0.459 e. The van der Waals surface area contributed by atoms with Gasteiger partial charge >= 0.3 is 5.97 Å². The molecule has 3 unspecified atom stereocenters. The van der Waals surface area contributed by atoms with E-state index in [1.807, 2.05) is 46.7 Å². The minimum absolute atomic E-state index is 0.133. The van der Waals surface area contributed by atoms with E-state index in [-0.39, 0.29) is 30.9 Å². The smallest absolute Gasteiger partial charge is 0.311 e. The van der Waals surface area contributed by atoms with Crippen molar-refractivity contribution in [2.24, 2.45) is 17.8 Å². The van der Waals surface area contributed by atoms with E-state index in [0.717, 1.165) is 19.3 Å². The van der Waals surface area contributed by atoms with Crippen LogP contribution in [-0.4, -0.2) is 154 Å². The van der Waals surface area contributed by atoms with Crippen molar-refractivity contribution in [3.05, 3.63) is 0 Å². The zero-order chi connectivity index (χ0) is 41.8. The van der Waals surface area contributed by atoms with Crippen LogP contribution in [0.2, 0.25) is 0 Å². The van der Waals surface area contributed by atoms with Gasteiger partial charge in [-0.25, -0.2) is 0 Å². The molecule has 3 fully saturated rings. The average molecular weight is 791 g/mol. The van der Waals surface area contributed by atoms with Crippen LogP contribution in [0.1, 0.15) is 121 Å². The molecule has 0 aromatic heterocycles. The number of aliphatic hydroxyl groups excluding tert-OH is 2. The lowest BCUT2D eigenvalue weighted by Gasteiger charge is -2.54. The molecule has 3 saturated heterocycles. The second-order valence-corrected chi connectivity index (χ2v) is 18.2. The third-order valence-electron chi connectivity index (χ3n) is 13.2. The largest absolute Gasteiger partial charge is 0.459 e. The molecule has 3 heterocycles. The highest BCUT2D eigenvalue weighted by molar-refractivity contribution is 5.73. The summed E-state index contributed by atoms with van der Waals surface area (Å²) in [6, 6.07) is -0.869. The maximum Gasteiger partial charge on any atom is 0.311 e. The molecule has 3 rings (SSSR count). The fourth-order valence-electron chi connectivity index (χ4n) is 9.12. The van der Waals surface area contributed by atoms with Crippen molar-refractivity contribution in [1.29, 1.82) is 0 Å². The average Bonchev–Trinajstić information content (AvgIpc) is 3.10. The second kappa shape index (κ2) is 19.4. The molecule has 3 aliphatic rings. The molecule has 0 bridgehead atoms. The topological polar surface area (TPSA) is 189 Å². The molecule has 55 heavy (non-hydrogen) atoms. The summed E-state index contributed by atoms with van der Waals surface area (Å²) in [7, 11) is 5.33. The number of unbranched alkanes of at least 4 members (excludes halogenated alkanes) is 2. The predicted molar refractivity (Wildman–Crippen MR) is 208 cm³/mol. The number of hydrogen-bond acceptors (Lipinski definition) is 14. The Morgan fingerprint density at radius 3 is 2.13 bits per heavy atom. The van der Waals surface area contributed by atoms with E-state index in [0.29, 0.717) is 19.4 Å². The third-order valence-corrected chi connectivity index (χ3v) is 13.2. The normalized spacial score (nSPS) is 48.5. The van der Waals surface area contributed by atoms with Crippen molar-refractivity contribution in [3.63, 3.8) is 0 Å². The molecule has 6 N–H and O–H groups in total. The molecule has 0 aliphatic carbocycles. The number of likely N-dealkylation sites (N-methyl/N-ethyl adjacent to an activating group) is 1. The molecule has 0 aromatic carbocycles. The monoisotopic (exact) mass is 791 g/mol. The molecule has 0 radical (unpaired) electrons. The van der Waals surface area contributed by atoms with Gasteiger partial charge in [0.25, 0.3) is 0 Å². The van der Waals surface area contributed by atoms with Crippen LogP contribution < -0.4 is 5.32 Å². The highest BCUT2D eigenvalue weighted by Gasteiger charge is 2.58. The maximum atomic E-state index is 14.2. The van der Waals surface area contributed by atoms with Gasteiger partial charge in [0.2, 0.25) is 0 Å². The highest BCUT2D eigenvalue weighted by atomic mass is 16.7. The number of carbonyl (C=O) groups is 1. The lowest BCUT2D eigenvalue weighted by atomic mass is 9.72. The standard InChI is InChI=1S/C41H78N2O12/c1-15-16-17-18-41(49)29(8)52-31(21-39(41,10)50-14)54-33-25(4)35(55-37-32(44)30(43(12)13)19-24(3)51-37)38(9,47)20-23(2)22-42-27(6)34(45)40(11,48)28(7)53-36(46)26(33)5/h23-35,37,42,44-45,47-49H,15-22H2,1-14H3/t23-,24?,25+,26-,27-,28-,29?,30-,31+,32?,33+,34-,35-,37+,38-,39+,40-,41+/m1/s1. The predicted octanol–water partition coefficient (Wildman–Crippen LogP) is 3.12. The molecule has 3 aliphatic heterocycles. The number of hydrogen-bond donors (Lipinski definition) is 6. The summed E-state index contributed by atoms with van der Waals surface area (Å²) in [5, 5.41) is 62.1. The Hall–Kier alpha value is -1.01. The molecule has 0 amide bonds. The number of nitrogens with zero attached hydrogens (tertiary/aromatic N) is 1. The first-order chi connectivity index (χ1) is 25.4. The summed E-state index contributed by atoms with van der Waals surface area (Å²) in [5.74, 6) is -2.64. The Kier molecular flexibility index (Phi) is 17.0. The summed E-state index contributed by atoms with van der Waals surface area (Å²) < 4.78 is 38.2. The van der Waals surface area contributed by atoms with Crippen LogP contribution in [0.4, 0.5) is 0 Å².